The molecular weight excluding hydrogens is 236 g/mol. The molecule has 1 amide bonds. The van der Waals surface area contributed by atoms with Crippen LogP contribution >= 0.6 is 0 Å². The molecule has 0 radical (unpaired) electrons. The van der Waals surface area contributed by atoms with Crippen LogP contribution in [0.15, 0.2) is 0 Å². The number of carboxylic acid groups (broad SMARTS) is 1. The lowest BCUT2D eigenvalue weighted by Crippen LogP contribution is -2.49. The largest absolute Gasteiger partial charge is 0.481 e. The molecule has 2 N–H and O–H groups in total. The molecule has 2 rings (SSSR count). The number of nitrogens with zero attached hydrogens (tertiary/aromatic N) is 1. The maximum absolute atomic E-state index is 11.8. The SMILES string of the molecule is O=C(O)C1CCC1NCCC(=O)N1CCOCC1. The third-order valence-corrected chi connectivity index (χ3v) is 3.70. The molecule has 6 nitrogen and oxygen atoms in total. The molecule has 18 heavy (non-hydrogen) atoms. The fraction of sp³-hybridized carbons (Fsp3) is 0.833. The van der Waals surface area contributed by atoms with Crippen LogP contribution in [0.2, 0.25) is 0 Å². The Hall–Kier alpha value is -1.14. The van der Waals surface area contributed by atoms with Crippen LogP contribution in [0.1, 0.15) is 19.3 Å². The summed E-state index contributed by atoms with van der Waals surface area (Å²) in [6.45, 7) is 3.12. The predicted molar refractivity (Wildman–Crippen MR) is 64.2 cm³/mol. The lowest BCUT2D eigenvalue weighted by Gasteiger charge is -2.34. The van der Waals surface area contributed by atoms with E-state index in [1.807, 2.05) is 0 Å². The van der Waals surface area contributed by atoms with Crippen molar-refractivity contribution in [3.05, 3.63) is 0 Å². The number of hydrogen-bond acceptors (Lipinski definition) is 4. The predicted octanol–water partition coefficient (Wildman–Crippen LogP) is -0.312. The summed E-state index contributed by atoms with van der Waals surface area (Å²) in [5, 5.41) is 12.0. The standard InChI is InChI=1S/C12H20N2O4/c15-11(14-5-7-18-8-6-14)3-4-13-10-2-1-9(10)12(16)17/h9-10,13H,1-8H2,(H,16,17). The first kappa shape index (κ1) is 13.3. The van der Waals surface area contributed by atoms with Crippen molar-refractivity contribution in [1.29, 1.82) is 0 Å². The van der Waals surface area contributed by atoms with Gasteiger partial charge in [0.15, 0.2) is 0 Å². The number of rotatable bonds is 5. The fourth-order valence-electron chi connectivity index (χ4n) is 2.38. The fourth-order valence-corrected chi connectivity index (χ4v) is 2.38. The van der Waals surface area contributed by atoms with E-state index in [9.17, 15) is 9.59 Å². The molecule has 2 aliphatic rings. The van der Waals surface area contributed by atoms with Gasteiger partial charge in [0, 0.05) is 32.1 Å². The third kappa shape index (κ3) is 3.20. The van der Waals surface area contributed by atoms with Crippen LogP contribution in [0.5, 0.6) is 0 Å². The first-order chi connectivity index (χ1) is 8.68. The number of morpholine rings is 1. The van der Waals surface area contributed by atoms with Gasteiger partial charge >= 0.3 is 5.97 Å². The van der Waals surface area contributed by atoms with Crippen molar-refractivity contribution in [2.24, 2.45) is 5.92 Å². The van der Waals surface area contributed by atoms with Crippen LogP contribution in [0.4, 0.5) is 0 Å². The zero-order valence-electron chi connectivity index (χ0n) is 10.4. The van der Waals surface area contributed by atoms with Gasteiger partial charge in [-0.3, -0.25) is 9.59 Å². The summed E-state index contributed by atoms with van der Waals surface area (Å²) < 4.78 is 5.18. The second-order valence-electron chi connectivity index (χ2n) is 4.83. The first-order valence-corrected chi connectivity index (χ1v) is 6.50. The van der Waals surface area contributed by atoms with Crippen LogP contribution in [0, 0.1) is 5.92 Å². The molecule has 2 unspecified atom stereocenters. The van der Waals surface area contributed by atoms with E-state index in [-0.39, 0.29) is 17.9 Å². The highest BCUT2D eigenvalue weighted by Crippen LogP contribution is 2.27. The van der Waals surface area contributed by atoms with Crippen LogP contribution in [-0.4, -0.2) is 60.8 Å². The Morgan fingerprint density at radius 1 is 1.28 bits per heavy atom. The van der Waals surface area contributed by atoms with Gasteiger partial charge in [0.25, 0.3) is 0 Å². The van der Waals surface area contributed by atoms with Crippen LogP contribution in [0.25, 0.3) is 0 Å². The average molecular weight is 256 g/mol. The Morgan fingerprint density at radius 2 is 2.00 bits per heavy atom. The summed E-state index contributed by atoms with van der Waals surface area (Å²) in [5.74, 6) is -0.890. The second-order valence-corrected chi connectivity index (χ2v) is 4.83. The number of nitrogens with one attached hydrogen (secondary N) is 1. The lowest BCUT2D eigenvalue weighted by molar-refractivity contribution is -0.146. The average Bonchev–Trinajstić information content (AvgIpc) is 2.33. The molecule has 6 heteroatoms. The van der Waals surface area contributed by atoms with Crippen molar-refractivity contribution >= 4 is 11.9 Å². The number of carbonyl (C=O) groups is 2. The van der Waals surface area contributed by atoms with Crippen LogP contribution in [0.3, 0.4) is 0 Å². The van der Waals surface area contributed by atoms with E-state index in [4.69, 9.17) is 9.84 Å². The third-order valence-electron chi connectivity index (χ3n) is 3.70. The number of ether oxygens (including phenoxy) is 1. The number of carbonyl (C=O) groups excluding carboxylic acids is 1. The smallest absolute Gasteiger partial charge is 0.308 e. The maximum atomic E-state index is 11.8. The zero-order valence-corrected chi connectivity index (χ0v) is 10.4. The zero-order chi connectivity index (χ0) is 13.0. The van der Waals surface area contributed by atoms with E-state index in [1.165, 1.54) is 0 Å². The van der Waals surface area contributed by atoms with E-state index in [0.29, 0.717) is 39.3 Å². The Labute approximate surface area is 106 Å². The monoisotopic (exact) mass is 256 g/mol. The van der Waals surface area contributed by atoms with E-state index in [2.05, 4.69) is 5.32 Å². The molecule has 2 atom stereocenters. The van der Waals surface area contributed by atoms with Gasteiger partial charge in [0.05, 0.1) is 19.1 Å². The van der Waals surface area contributed by atoms with Crippen molar-refractivity contribution < 1.29 is 19.4 Å². The van der Waals surface area contributed by atoms with Crippen molar-refractivity contribution in [3.63, 3.8) is 0 Å². The summed E-state index contributed by atoms with van der Waals surface area (Å²) in [5.41, 5.74) is 0. The molecule has 1 aliphatic heterocycles. The molecule has 1 saturated heterocycles. The minimum Gasteiger partial charge on any atom is -0.481 e. The summed E-state index contributed by atoms with van der Waals surface area (Å²) in [6, 6.07) is 0.0417. The molecule has 0 spiro atoms. The summed E-state index contributed by atoms with van der Waals surface area (Å²) in [6.07, 6.45) is 2.07. The Kier molecular flexibility index (Phi) is 4.54. The minimum absolute atomic E-state index is 0.0417. The second kappa shape index (κ2) is 6.15. The van der Waals surface area contributed by atoms with Crippen molar-refractivity contribution in [2.45, 2.75) is 25.3 Å². The quantitative estimate of drug-likeness (QED) is 0.705. The highest BCUT2D eigenvalue weighted by atomic mass is 16.5. The maximum Gasteiger partial charge on any atom is 0.308 e. The van der Waals surface area contributed by atoms with E-state index < -0.39 is 5.97 Å². The highest BCUT2D eigenvalue weighted by molar-refractivity contribution is 5.76. The molecule has 0 aromatic rings. The summed E-state index contributed by atoms with van der Waals surface area (Å²) in [4.78, 5) is 24.4. The molecule has 1 heterocycles. The Morgan fingerprint density at radius 3 is 2.56 bits per heavy atom. The normalized spacial score (nSPS) is 27.7. The number of aliphatic carboxylic acids is 1. The van der Waals surface area contributed by atoms with Gasteiger partial charge in [0.1, 0.15) is 0 Å². The van der Waals surface area contributed by atoms with Gasteiger partial charge in [-0.05, 0) is 12.8 Å². The van der Waals surface area contributed by atoms with Gasteiger partial charge in [-0.15, -0.1) is 0 Å². The van der Waals surface area contributed by atoms with E-state index >= 15 is 0 Å². The van der Waals surface area contributed by atoms with Gasteiger partial charge in [-0.2, -0.15) is 0 Å². The number of amides is 1. The number of carboxylic acids is 1. The molecule has 0 aromatic heterocycles. The summed E-state index contributed by atoms with van der Waals surface area (Å²) >= 11 is 0. The van der Waals surface area contributed by atoms with Crippen molar-refractivity contribution in [1.82, 2.24) is 10.2 Å². The molecule has 1 aliphatic carbocycles. The minimum atomic E-state index is -0.738. The van der Waals surface area contributed by atoms with Gasteiger partial charge in [0.2, 0.25) is 5.91 Å². The Balaban J connectivity index is 1.63. The van der Waals surface area contributed by atoms with E-state index in [0.717, 1.165) is 12.8 Å². The van der Waals surface area contributed by atoms with Crippen LogP contribution < -0.4 is 5.32 Å². The lowest BCUT2D eigenvalue weighted by atomic mass is 9.79. The van der Waals surface area contributed by atoms with Gasteiger partial charge in [-0.1, -0.05) is 0 Å². The van der Waals surface area contributed by atoms with Gasteiger partial charge < -0.3 is 20.1 Å². The number of hydrogen-bond donors (Lipinski definition) is 2. The van der Waals surface area contributed by atoms with Crippen molar-refractivity contribution in [3.8, 4) is 0 Å². The Bertz CT molecular complexity index is 315. The molecule has 102 valence electrons. The molecule has 0 bridgehead atoms. The highest BCUT2D eigenvalue weighted by Gasteiger charge is 2.36. The first-order valence-electron chi connectivity index (χ1n) is 6.50. The molecule has 0 aromatic carbocycles. The molecule has 2 fully saturated rings. The van der Waals surface area contributed by atoms with Crippen LogP contribution in [-0.2, 0) is 14.3 Å². The summed E-state index contributed by atoms with van der Waals surface area (Å²) in [7, 11) is 0. The molecular formula is C12H20N2O4. The topological polar surface area (TPSA) is 78.9 Å². The van der Waals surface area contributed by atoms with E-state index in [1.54, 1.807) is 4.90 Å². The molecule has 1 saturated carbocycles. The van der Waals surface area contributed by atoms with Gasteiger partial charge in [-0.25, -0.2) is 0 Å². The van der Waals surface area contributed by atoms with Crippen molar-refractivity contribution in [2.75, 3.05) is 32.8 Å².